The number of amides is 1. The molecule has 6 atom stereocenters. The van der Waals surface area contributed by atoms with Gasteiger partial charge in [0.15, 0.2) is 17.8 Å². The molecule has 4 N–H and O–H groups in total. The summed E-state index contributed by atoms with van der Waals surface area (Å²) in [7, 11) is 1.63. The van der Waals surface area contributed by atoms with Crippen LogP contribution in [0.5, 0.6) is 11.5 Å². The van der Waals surface area contributed by atoms with E-state index in [1.807, 2.05) is 19.1 Å². The van der Waals surface area contributed by atoms with Gasteiger partial charge in [-0.2, -0.15) is 0 Å². The quantitative estimate of drug-likeness (QED) is 0.260. The minimum absolute atomic E-state index is 0.0386. The minimum atomic E-state index is -1.93. The number of aryl methyl sites for hydroxylation is 1. The Morgan fingerprint density at radius 2 is 1.96 bits per heavy atom. The van der Waals surface area contributed by atoms with E-state index in [4.69, 9.17) is 23.4 Å². The van der Waals surface area contributed by atoms with E-state index in [2.05, 4.69) is 16.3 Å². The largest absolute Gasteiger partial charge is 0.498 e. The van der Waals surface area contributed by atoms with E-state index in [1.165, 1.54) is 5.57 Å². The molecule has 6 unspecified atom stereocenters. The van der Waals surface area contributed by atoms with Gasteiger partial charge in [0, 0.05) is 18.4 Å². The van der Waals surface area contributed by atoms with E-state index in [-0.39, 0.29) is 31.2 Å². The van der Waals surface area contributed by atoms with Gasteiger partial charge in [0.1, 0.15) is 29.0 Å². The van der Waals surface area contributed by atoms with Gasteiger partial charge in [-0.25, -0.2) is 0 Å². The van der Waals surface area contributed by atoms with Crippen LogP contribution in [0.2, 0.25) is 0 Å². The second-order valence-electron chi connectivity index (χ2n) is 13.9. The van der Waals surface area contributed by atoms with Crippen molar-refractivity contribution < 1.29 is 43.5 Å². The van der Waals surface area contributed by atoms with E-state index in [0.717, 1.165) is 48.6 Å². The summed E-state index contributed by atoms with van der Waals surface area (Å²) in [6.45, 7) is 7.38. The van der Waals surface area contributed by atoms with Crippen molar-refractivity contribution in [2.75, 3.05) is 27.0 Å². The van der Waals surface area contributed by atoms with Crippen LogP contribution in [0, 0.1) is 12.8 Å². The molecule has 0 radical (unpaired) electrons. The number of hydrogen-bond acceptors (Lipinski definition) is 10. The maximum atomic E-state index is 13.2. The monoisotopic (exact) mass is 624 g/mol. The van der Waals surface area contributed by atoms with E-state index >= 15 is 0 Å². The number of carbonyl (C=O) groups excluding carboxylic acids is 1. The number of carbonyl (C=O) groups is 1. The molecular formula is C34H44N2O9. The van der Waals surface area contributed by atoms with Gasteiger partial charge in [0.05, 0.1) is 31.2 Å². The standard InChI is InChI=1S/C34H44N2O9/c1-19-6-7-21(44-19)17-35-26(37)16-33(40,11-5-10-32(2,3)39)31(38)45-30-27-22-15-25-24(42-18-43-25)14-20(22)8-12-36-13-9-23-28(29(30)41-4)34(23,27)36/h6-7,14-15,23,27,30-31,38-40H,5,8-13,16-18H2,1-4H3,(H,35,37). The number of fused-ring (bicyclic) bond motifs is 4. The Bertz CT molecular complexity index is 1510. The summed E-state index contributed by atoms with van der Waals surface area (Å²) >= 11 is 0. The zero-order valence-corrected chi connectivity index (χ0v) is 26.4. The number of hydrogen-bond donors (Lipinski definition) is 4. The molecule has 2 aromatic rings. The van der Waals surface area contributed by atoms with Crippen molar-refractivity contribution in [3.8, 4) is 11.5 Å². The average Bonchev–Trinajstić information content (AvgIpc) is 3.44. The van der Waals surface area contributed by atoms with Gasteiger partial charge < -0.3 is 44.0 Å². The summed E-state index contributed by atoms with van der Waals surface area (Å²) in [5.41, 5.74) is 0.256. The first-order valence-electron chi connectivity index (χ1n) is 16.0. The van der Waals surface area contributed by atoms with Crippen molar-refractivity contribution in [1.29, 1.82) is 0 Å². The maximum absolute atomic E-state index is 13.2. The zero-order valence-electron chi connectivity index (χ0n) is 26.4. The van der Waals surface area contributed by atoms with Crippen molar-refractivity contribution in [2.24, 2.45) is 5.92 Å². The summed E-state index contributed by atoms with van der Waals surface area (Å²) < 4.78 is 29.6. The van der Waals surface area contributed by atoms with E-state index in [0.29, 0.717) is 36.0 Å². The lowest BCUT2D eigenvalue weighted by Gasteiger charge is -2.39. The van der Waals surface area contributed by atoms with Crippen LogP contribution >= 0.6 is 0 Å². The van der Waals surface area contributed by atoms with Gasteiger partial charge in [-0.3, -0.25) is 9.69 Å². The van der Waals surface area contributed by atoms with Crippen LogP contribution in [0.4, 0.5) is 0 Å². The Morgan fingerprint density at radius 3 is 2.67 bits per heavy atom. The molecule has 1 aromatic carbocycles. The molecule has 1 saturated heterocycles. The second-order valence-corrected chi connectivity index (χ2v) is 13.9. The number of benzene rings is 1. The maximum Gasteiger partial charge on any atom is 0.231 e. The third-order valence-corrected chi connectivity index (χ3v) is 10.4. The van der Waals surface area contributed by atoms with E-state index in [1.54, 1.807) is 27.0 Å². The third-order valence-electron chi connectivity index (χ3n) is 10.4. The second kappa shape index (κ2) is 11.0. The molecule has 0 bridgehead atoms. The van der Waals surface area contributed by atoms with Crippen molar-refractivity contribution in [2.45, 2.75) is 101 Å². The van der Waals surface area contributed by atoms with Crippen LogP contribution in [0.25, 0.3) is 0 Å². The molecule has 7 rings (SSSR count). The number of methoxy groups -OCH3 is 1. The molecule has 2 aliphatic carbocycles. The first kappa shape index (κ1) is 30.6. The summed E-state index contributed by atoms with van der Waals surface area (Å²) in [4.78, 5) is 15.7. The van der Waals surface area contributed by atoms with Gasteiger partial charge in [0.25, 0.3) is 0 Å². The van der Waals surface area contributed by atoms with Gasteiger partial charge in [-0.15, -0.1) is 0 Å². The van der Waals surface area contributed by atoms with Crippen molar-refractivity contribution in [3.63, 3.8) is 0 Å². The number of furan rings is 1. The van der Waals surface area contributed by atoms with Crippen LogP contribution in [-0.2, 0) is 27.2 Å². The number of piperidine rings is 1. The highest BCUT2D eigenvalue weighted by molar-refractivity contribution is 5.77. The van der Waals surface area contributed by atoms with Crippen LogP contribution in [0.3, 0.4) is 0 Å². The van der Waals surface area contributed by atoms with Gasteiger partial charge >= 0.3 is 0 Å². The molecular weight excluding hydrogens is 580 g/mol. The molecule has 1 aromatic heterocycles. The molecule has 1 saturated carbocycles. The first-order valence-corrected chi connectivity index (χ1v) is 16.0. The molecule has 4 heterocycles. The Morgan fingerprint density at radius 1 is 1.18 bits per heavy atom. The summed E-state index contributed by atoms with van der Waals surface area (Å²) in [5.74, 6) is 3.12. The van der Waals surface area contributed by atoms with Crippen LogP contribution in [0.15, 0.2) is 40.0 Å². The Hall–Kier alpha value is -3.09. The molecule has 244 valence electrons. The van der Waals surface area contributed by atoms with Crippen LogP contribution in [-0.4, -0.2) is 82.3 Å². The normalized spacial score (nSPS) is 28.2. The topological polar surface area (TPSA) is 143 Å². The van der Waals surface area contributed by atoms with Crippen molar-refractivity contribution in [3.05, 3.63) is 58.2 Å². The highest BCUT2D eigenvalue weighted by Gasteiger charge is 2.78. The fourth-order valence-electron chi connectivity index (χ4n) is 8.43. The number of aliphatic hydroxyl groups excluding tert-OH is 1. The molecule has 11 heteroatoms. The molecule has 11 nitrogen and oxygen atoms in total. The number of aliphatic hydroxyl groups is 3. The molecule has 1 amide bonds. The number of rotatable bonds is 12. The number of nitrogens with one attached hydrogen (secondary N) is 1. The van der Waals surface area contributed by atoms with E-state index < -0.39 is 35.9 Å². The fourth-order valence-corrected chi connectivity index (χ4v) is 8.43. The molecule has 3 aliphatic heterocycles. The zero-order chi connectivity index (χ0) is 31.7. The van der Waals surface area contributed by atoms with Crippen LogP contribution in [0.1, 0.15) is 74.5 Å². The fraction of sp³-hybridized carbons (Fsp3) is 0.618. The Labute approximate surface area is 263 Å². The van der Waals surface area contributed by atoms with Gasteiger partial charge in [-0.1, -0.05) is 0 Å². The lowest BCUT2D eigenvalue weighted by Crippen LogP contribution is -2.51. The Kier molecular flexibility index (Phi) is 7.48. The summed E-state index contributed by atoms with van der Waals surface area (Å²) in [5, 5.41) is 36.9. The highest BCUT2D eigenvalue weighted by atomic mass is 16.7. The third kappa shape index (κ3) is 5.13. The predicted molar refractivity (Wildman–Crippen MR) is 161 cm³/mol. The first-order chi connectivity index (χ1) is 21.4. The molecule has 5 aliphatic rings. The number of ether oxygens (including phenoxy) is 4. The SMILES string of the molecule is COC1=C2C3CCN4CCc5cc6c(cc5C(C1OC(O)C(O)(CCCC(C)(C)O)CC(=O)NCc1ccc(C)o1)C234)OCO6. The van der Waals surface area contributed by atoms with E-state index in [9.17, 15) is 20.1 Å². The molecule has 1 spiro atoms. The van der Waals surface area contributed by atoms with Crippen LogP contribution < -0.4 is 14.8 Å². The van der Waals surface area contributed by atoms with Crippen molar-refractivity contribution in [1.82, 2.24) is 10.2 Å². The lowest BCUT2D eigenvalue weighted by molar-refractivity contribution is -0.239. The smallest absolute Gasteiger partial charge is 0.231 e. The number of nitrogens with zero attached hydrogens (tertiary/aromatic N) is 1. The Balaban J connectivity index is 1.18. The minimum Gasteiger partial charge on any atom is -0.498 e. The highest BCUT2D eigenvalue weighted by Crippen LogP contribution is 2.74. The van der Waals surface area contributed by atoms with Crippen molar-refractivity contribution >= 4 is 5.91 Å². The summed E-state index contributed by atoms with van der Waals surface area (Å²) in [6.07, 6.45) is -0.151. The van der Waals surface area contributed by atoms with Gasteiger partial charge in [-0.05, 0) is 100 Å². The van der Waals surface area contributed by atoms with Gasteiger partial charge in [0.2, 0.25) is 12.7 Å². The lowest BCUT2D eigenvalue weighted by atomic mass is 9.82. The molecule has 45 heavy (non-hydrogen) atoms. The average molecular weight is 625 g/mol. The summed E-state index contributed by atoms with van der Waals surface area (Å²) in [6, 6.07) is 7.70. The molecule has 2 fully saturated rings. The predicted octanol–water partition coefficient (Wildman–Crippen LogP) is 3.03.